The lowest BCUT2D eigenvalue weighted by Gasteiger charge is -2.41. The van der Waals surface area contributed by atoms with Crippen LogP contribution in [0.4, 0.5) is 11.6 Å². The summed E-state index contributed by atoms with van der Waals surface area (Å²) in [6.07, 6.45) is 5.16. The van der Waals surface area contributed by atoms with Crippen molar-refractivity contribution in [2.75, 3.05) is 37.0 Å². The van der Waals surface area contributed by atoms with Crippen LogP contribution in [-0.4, -0.2) is 53.8 Å². The van der Waals surface area contributed by atoms with E-state index in [0.717, 1.165) is 44.0 Å². The molecule has 155 valence electrons. The van der Waals surface area contributed by atoms with Gasteiger partial charge in [-0.2, -0.15) is 0 Å². The van der Waals surface area contributed by atoms with E-state index in [1.807, 2.05) is 13.0 Å². The van der Waals surface area contributed by atoms with Crippen LogP contribution in [0.3, 0.4) is 0 Å². The van der Waals surface area contributed by atoms with Crippen molar-refractivity contribution in [1.82, 2.24) is 15.0 Å². The molecular weight excluding hydrogens is 411 g/mol. The Morgan fingerprint density at radius 2 is 2.03 bits per heavy atom. The molecule has 0 bridgehead atoms. The van der Waals surface area contributed by atoms with Crippen molar-refractivity contribution in [3.63, 3.8) is 0 Å². The summed E-state index contributed by atoms with van der Waals surface area (Å²) in [5.41, 5.74) is 8.59. The van der Waals surface area contributed by atoms with Crippen LogP contribution in [0.1, 0.15) is 25.5 Å². The summed E-state index contributed by atoms with van der Waals surface area (Å²) in [4.78, 5) is 15.7. The van der Waals surface area contributed by atoms with E-state index < -0.39 is 0 Å². The number of pyridine rings is 1. The highest BCUT2D eigenvalue weighted by Crippen LogP contribution is 2.42. The molecule has 9 heteroatoms. The van der Waals surface area contributed by atoms with Crippen LogP contribution in [0, 0.1) is 18.5 Å². The third-order valence-electron chi connectivity index (χ3n) is 6.22. The first-order valence-corrected chi connectivity index (χ1v) is 10.5. The van der Waals surface area contributed by atoms with Crippen molar-refractivity contribution < 1.29 is 4.74 Å². The molecular formula is C20H25Cl2N6O. The molecule has 4 rings (SSSR count). The van der Waals surface area contributed by atoms with E-state index in [-0.39, 0.29) is 22.7 Å². The molecule has 1 spiro atoms. The van der Waals surface area contributed by atoms with Gasteiger partial charge in [-0.05, 0) is 32.8 Å². The van der Waals surface area contributed by atoms with Crippen molar-refractivity contribution in [2.45, 2.75) is 38.8 Å². The normalized spacial score (nSPS) is 23.6. The minimum Gasteiger partial charge on any atom is -0.376 e. The Labute approximate surface area is 181 Å². The molecule has 2 fully saturated rings. The third-order valence-corrected chi connectivity index (χ3v) is 6.97. The quantitative estimate of drug-likeness (QED) is 0.714. The highest BCUT2D eigenvalue weighted by atomic mass is 35.5. The molecule has 2 aliphatic heterocycles. The van der Waals surface area contributed by atoms with Crippen LogP contribution in [-0.2, 0) is 4.74 Å². The number of ether oxygens (including phenoxy) is 1. The Hall–Kier alpha value is -1.67. The van der Waals surface area contributed by atoms with E-state index in [4.69, 9.17) is 38.7 Å². The van der Waals surface area contributed by atoms with E-state index in [2.05, 4.69) is 33.3 Å². The number of nitrogens with one attached hydrogen (secondary N) is 1. The van der Waals surface area contributed by atoms with E-state index in [1.165, 1.54) is 0 Å². The van der Waals surface area contributed by atoms with Gasteiger partial charge in [-0.1, -0.05) is 23.2 Å². The van der Waals surface area contributed by atoms with E-state index in [0.29, 0.717) is 22.1 Å². The van der Waals surface area contributed by atoms with Crippen LogP contribution in [0.25, 0.3) is 11.3 Å². The van der Waals surface area contributed by atoms with Crippen molar-refractivity contribution in [1.29, 1.82) is 0 Å². The van der Waals surface area contributed by atoms with Gasteiger partial charge < -0.3 is 20.7 Å². The largest absolute Gasteiger partial charge is 0.376 e. The molecule has 0 amide bonds. The van der Waals surface area contributed by atoms with Crippen LogP contribution < -0.4 is 16.0 Å². The molecule has 2 aromatic rings. The fourth-order valence-electron chi connectivity index (χ4n) is 4.26. The molecule has 0 aromatic carbocycles. The maximum absolute atomic E-state index is 6.42. The molecule has 0 saturated carbocycles. The summed E-state index contributed by atoms with van der Waals surface area (Å²) in [6, 6.07) is 1.90. The molecule has 2 aromatic heterocycles. The van der Waals surface area contributed by atoms with Gasteiger partial charge >= 0.3 is 0 Å². The van der Waals surface area contributed by atoms with Gasteiger partial charge in [-0.25, -0.2) is 15.0 Å². The smallest absolute Gasteiger partial charge is 0.157 e. The number of hydrogen-bond acceptors (Lipinski definition) is 7. The third kappa shape index (κ3) is 3.65. The van der Waals surface area contributed by atoms with Crippen LogP contribution in [0.5, 0.6) is 0 Å². The summed E-state index contributed by atoms with van der Waals surface area (Å²) in [7, 11) is 1.77. The second kappa shape index (κ2) is 7.87. The molecule has 3 N–H and O–H groups in total. The number of aryl methyl sites for hydroxylation is 1. The molecule has 7 nitrogen and oxygen atoms in total. The number of piperidine rings is 1. The van der Waals surface area contributed by atoms with Crippen molar-refractivity contribution in [3.8, 4) is 11.3 Å². The summed E-state index contributed by atoms with van der Waals surface area (Å²) in [6.45, 7) is 6.44. The van der Waals surface area contributed by atoms with E-state index in [1.54, 1.807) is 7.05 Å². The molecule has 0 unspecified atom stereocenters. The van der Waals surface area contributed by atoms with Gasteiger partial charge in [0.25, 0.3) is 0 Å². The summed E-state index contributed by atoms with van der Waals surface area (Å²) in [5, 5.41) is 3.56. The van der Waals surface area contributed by atoms with Gasteiger partial charge in [-0.3, -0.25) is 0 Å². The van der Waals surface area contributed by atoms with Gasteiger partial charge in [0.1, 0.15) is 12.0 Å². The Morgan fingerprint density at radius 3 is 2.62 bits per heavy atom. The first-order valence-electron chi connectivity index (χ1n) is 9.77. The second-order valence-corrected chi connectivity index (χ2v) is 8.63. The maximum Gasteiger partial charge on any atom is 0.157 e. The summed E-state index contributed by atoms with van der Waals surface area (Å²) < 4.78 is 5.81. The van der Waals surface area contributed by atoms with Crippen molar-refractivity contribution >= 4 is 34.8 Å². The van der Waals surface area contributed by atoms with Gasteiger partial charge in [0.15, 0.2) is 11.0 Å². The predicted molar refractivity (Wildman–Crippen MR) is 116 cm³/mol. The van der Waals surface area contributed by atoms with E-state index >= 15 is 0 Å². The number of nitrogens with zero attached hydrogens (tertiary/aromatic N) is 4. The minimum atomic E-state index is 0.0726. The number of hydrogen-bond donors (Lipinski definition) is 2. The fourth-order valence-corrected chi connectivity index (χ4v) is 4.63. The lowest BCUT2D eigenvalue weighted by atomic mass is 9.73. The lowest BCUT2D eigenvalue weighted by Crippen LogP contribution is -2.50. The van der Waals surface area contributed by atoms with Crippen molar-refractivity contribution in [2.24, 2.45) is 11.1 Å². The topological polar surface area (TPSA) is 89.2 Å². The average Bonchev–Trinajstić information content (AvgIpc) is 2.99. The molecule has 4 heterocycles. The highest BCUT2D eigenvalue weighted by Gasteiger charge is 2.47. The standard InChI is InChI=1S/C20H25Cl2N6O/c1-11-17(13-8-14(24-3)27-19(22)16(13)21)25-9-15(26-11)28-6-4-20(5-7-28)10-29-12(2)18(20)23/h8,12,18H,4-7,10,23H2,1-3H3,(H,24,27)/t12-,18+/m0/s1. The SMILES string of the molecule is CNc1cc(-c2n[c]c(N3CCC4(CC3)CO[C@@H](C)[C@H]4N)nc2C)c(Cl)c(Cl)n1. The second-order valence-electron chi connectivity index (χ2n) is 7.89. The Morgan fingerprint density at radius 1 is 1.31 bits per heavy atom. The average molecular weight is 436 g/mol. The Balaban J connectivity index is 1.56. The first-order chi connectivity index (χ1) is 13.8. The van der Waals surface area contributed by atoms with Crippen LogP contribution in [0.15, 0.2) is 6.07 Å². The number of aromatic nitrogens is 3. The molecule has 29 heavy (non-hydrogen) atoms. The lowest BCUT2D eigenvalue weighted by molar-refractivity contribution is 0.0974. The minimum absolute atomic E-state index is 0.0726. The van der Waals surface area contributed by atoms with Gasteiger partial charge in [-0.15, -0.1) is 0 Å². The number of anilines is 2. The summed E-state index contributed by atoms with van der Waals surface area (Å²) in [5.74, 6) is 1.36. The van der Waals surface area contributed by atoms with Gasteiger partial charge in [0.2, 0.25) is 0 Å². The highest BCUT2D eigenvalue weighted by molar-refractivity contribution is 6.43. The van der Waals surface area contributed by atoms with Gasteiger partial charge in [0, 0.05) is 37.2 Å². The first kappa shape index (κ1) is 20.6. The van der Waals surface area contributed by atoms with Crippen LogP contribution >= 0.6 is 23.2 Å². The zero-order valence-electron chi connectivity index (χ0n) is 16.8. The number of nitrogens with two attached hydrogens (primary N) is 1. The molecule has 1 radical (unpaired) electrons. The maximum atomic E-state index is 6.42. The zero-order chi connectivity index (χ0) is 20.8. The molecule has 2 aliphatic rings. The monoisotopic (exact) mass is 435 g/mol. The zero-order valence-corrected chi connectivity index (χ0v) is 18.3. The van der Waals surface area contributed by atoms with Crippen LogP contribution in [0.2, 0.25) is 10.2 Å². The predicted octanol–water partition coefficient (Wildman–Crippen LogP) is 3.33. The molecule has 0 aliphatic carbocycles. The fraction of sp³-hybridized carbons (Fsp3) is 0.550. The Bertz CT molecular complexity index is 916. The van der Waals surface area contributed by atoms with Gasteiger partial charge in [0.05, 0.1) is 29.1 Å². The van der Waals surface area contributed by atoms with Crippen molar-refractivity contribution in [3.05, 3.63) is 28.1 Å². The molecule has 2 saturated heterocycles. The Kier molecular flexibility index (Phi) is 5.59. The van der Waals surface area contributed by atoms with E-state index in [9.17, 15) is 0 Å². The summed E-state index contributed by atoms with van der Waals surface area (Å²) >= 11 is 12.5. The number of rotatable bonds is 3. The molecule has 2 atom stereocenters. The number of halogens is 2.